The molecule has 5 nitrogen and oxygen atoms in total. The van der Waals surface area contributed by atoms with Crippen molar-refractivity contribution >= 4 is 0 Å². The molecule has 1 N–H and O–H groups in total. The highest BCUT2D eigenvalue weighted by Gasteiger charge is 2.18. The Labute approximate surface area is 121 Å². The van der Waals surface area contributed by atoms with Gasteiger partial charge in [0.2, 0.25) is 0 Å². The summed E-state index contributed by atoms with van der Waals surface area (Å²) < 4.78 is 4.06. The number of aryl methyl sites for hydroxylation is 4. The van der Waals surface area contributed by atoms with Crippen LogP contribution in [0.15, 0.2) is 12.1 Å². The van der Waals surface area contributed by atoms with Crippen LogP contribution in [-0.4, -0.2) is 26.1 Å². The number of hydrogen-bond donors (Lipinski definition) is 1. The average Bonchev–Trinajstić information content (AvgIpc) is 2.91. The van der Waals surface area contributed by atoms with E-state index >= 15 is 0 Å². The lowest BCUT2D eigenvalue weighted by Crippen LogP contribution is -2.26. The number of hydrogen-bond acceptors (Lipinski definition) is 3. The summed E-state index contributed by atoms with van der Waals surface area (Å²) in [5.74, 6) is 0. The monoisotopic (exact) mass is 275 g/mol. The Morgan fingerprint density at radius 2 is 1.85 bits per heavy atom. The number of nitrogens with zero attached hydrogens (tertiary/aromatic N) is 4. The SMILES string of the molecule is CCNC(Cc1cc(C)nn1CC)c1cc(C)nn1C. The first-order valence-corrected chi connectivity index (χ1v) is 7.32. The molecule has 0 aliphatic rings. The second-order valence-corrected chi connectivity index (χ2v) is 5.24. The Morgan fingerprint density at radius 1 is 1.15 bits per heavy atom. The lowest BCUT2D eigenvalue weighted by atomic mass is 10.1. The topological polar surface area (TPSA) is 47.7 Å². The molecule has 2 aromatic rings. The molecule has 2 heterocycles. The van der Waals surface area contributed by atoms with Gasteiger partial charge < -0.3 is 5.32 Å². The molecule has 0 saturated carbocycles. The van der Waals surface area contributed by atoms with Crippen LogP contribution in [0.3, 0.4) is 0 Å². The maximum atomic E-state index is 4.53. The third-order valence-electron chi connectivity index (χ3n) is 3.54. The second kappa shape index (κ2) is 6.22. The predicted octanol–water partition coefficient (Wildman–Crippen LogP) is 2.15. The maximum absolute atomic E-state index is 4.53. The van der Waals surface area contributed by atoms with E-state index in [0.717, 1.165) is 30.9 Å². The molecule has 2 rings (SSSR count). The number of nitrogens with one attached hydrogen (secondary N) is 1. The van der Waals surface area contributed by atoms with Crippen LogP contribution in [0.5, 0.6) is 0 Å². The lowest BCUT2D eigenvalue weighted by Gasteiger charge is -2.18. The van der Waals surface area contributed by atoms with Crippen LogP contribution in [0.2, 0.25) is 0 Å². The van der Waals surface area contributed by atoms with Crippen molar-refractivity contribution in [3.63, 3.8) is 0 Å². The third kappa shape index (κ3) is 3.10. The van der Waals surface area contributed by atoms with Crippen LogP contribution in [0.1, 0.15) is 42.7 Å². The largest absolute Gasteiger partial charge is 0.309 e. The second-order valence-electron chi connectivity index (χ2n) is 5.24. The molecule has 0 aliphatic carbocycles. The molecule has 20 heavy (non-hydrogen) atoms. The Hall–Kier alpha value is -1.62. The van der Waals surface area contributed by atoms with Gasteiger partial charge in [-0.2, -0.15) is 10.2 Å². The average molecular weight is 275 g/mol. The maximum Gasteiger partial charge on any atom is 0.0597 e. The van der Waals surface area contributed by atoms with E-state index in [2.05, 4.69) is 46.2 Å². The van der Waals surface area contributed by atoms with Crippen molar-refractivity contribution in [2.75, 3.05) is 6.54 Å². The summed E-state index contributed by atoms with van der Waals surface area (Å²) in [4.78, 5) is 0. The van der Waals surface area contributed by atoms with Crippen LogP contribution >= 0.6 is 0 Å². The molecule has 110 valence electrons. The summed E-state index contributed by atoms with van der Waals surface area (Å²) >= 11 is 0. The zero-order valence-electron chi connectivity index (χ0n) is 13.1. The van der Waals surface area contributed by atoms with Gasteiger partial charge in [0.1, 0.15) is 0 Å². The van der Waals surface area contributed by atoms with Crippen molar-refractivity contribution in [2.24, 2.45) is 7.05 Å². The molecule has 0 aliphatic heterocycles. The normalized spacial score (nSPS) is 12.8. The highest BCUT2D eigenvalue weighted by molar-refractivity contribution is 5.18. The van der Waals surface area contributed by atoms with Gasteiger partial charge in [-0.25, -0.2) is 0 Å². The Morgan fingerprint density at radius 3 is 2.40 bits per heavy atom. The van der Waals surface area contributed by atoms with Crippen LogP contribution in [0, 0.1) is 13.8 Å². The van der Waals surface area contributed by atoms with Gasteiger partial charge in [-0.05, 0) is 39.4 Å². The minimum Gasteiger partial charge on any atom is -0.309 e. The van der Waals surface area contributed by atoms with Crippen LogP contribution in [-0.2, 0) is 20.0 Å². The fourth-order valence-corrected chi connectivity index (χ4v) is 2.73. The number of likely N-dealkylation sites (N-methyl/N-ethyl adjacent to an activating group) is 1. The van der Waals surface area contributed by atoms with Crippen molar-refractivity contribution in [3.8, 4) is 0 Å². The molecule has 0 radical (unpaired) electrons. The van der Waals surface area contributed by atoms with Gasteiger partial charge in [0.25, 0.3) is 0 Å². The Kier molecular flexibility index (Phi) is 4.60. The van der Waals surface area contributed by atoms with Crippen LogP contribution < -0.4 is 5.32 Å². The van der Waals surface area contributed by atoms with Gasteiger partial charge in [0.15, 0.2) is 0 Å². The molecule has 0 spiro atoms. The van der Waals surface area contributed by atoms with Gasteiger partial charge in [-0.1, -0.05) is 6.92 Å². The Bertz CT molecular complexity index is 567. The summed E-state index contributed by atoms with van der Waals surface area (Å²) in [5, 5.41) is 12.5. The first kappa shape index (κ1) is 14.8. The molecule has 2 aromatic heterocycles. The molecule has 0 bridgehead atoms. The highest BCUT2D eigenvalue weighted by atomic mass is 15.3. The Balaban J connectivity index is 2.27. The van der Waals surface area contributed by atoms with E-state index < -0.39 is 0 Å². The molecule has 0 amide bonds. The van der Waals surface area contributed by atoms with Crippen molar-refractivity contribution in [3.05, 3.63) is 34.9 Å². The van der Waals surface area contributed by atoms with Crippen molar-refractivity contribution in [1.29, 1.82) is 0 Å². The minimum absolute atomic E-state index is 0.271. The van der Waals surface area contributed by atoms with E-state index in [0.29, 0.717) is 0 Å². The standard InChI is InChI=1S/C15H25N5/c1-6-16-14(15-9-12(4)17-19(15)5)10-13-8-11(3)18-20(13)7-2/h8-9,14,16H,6-7,10H2,1-5H3. The highest BCUT2D eigenvalue weighted by Crippen LogP contribution is 2.19. The van der Waals surface area contributed by atoms with Crippen molar-refractivity contribution in [2.45, 2.75) is 46.7 Å². The molecule has 0 fully saturated rings. The lowest BCUT2D eigenvalue weighted by molar-refractivity contribution is 0.486. The van der Waals surface area contributed by atoms with E-state index in [1.54, 1.807) is 0 Å². The first-order chi connectivity index (χ1) is 9.55. The van der Waals surface area contributed by atoms with Gasteiger partial charge in [-0.3, -0.25) is 9.36 Å². The summed E-state index contributed by atoms with van der Waals surface area (Å²) in [6.07, 6.45) is 0.932. The minimum atomic E-state index is 0.271. The molecule has 1 unspecified atom stereocenters. The molecule has 1 atom stereocenters. The van der Waals surface area contributed by atoms with Gasteiger partial charge >= 0.3 is 0 Å². The predicted molar refractivity (Wildman–Crippen MR) is 80.7 cm³/mol. The zero-order chi connectivity index (χ0) is 14.7. The van der Waals surface area contributed by atoms with Crippen molar-refractivity contribution < 1.29 is 0 Å². The molecule has 0 aromatic carbocycles. The molecular formula is C15H25N5. The van der Waals surface area contributed by atoms with Crippen LogP contribution in [0.4, 0.5) is 0 Å². The first-order valence-electron chi connectivity index (χ1n) is 7.32. The summed E-state index contributed by atoms with van der Waals surface area (Å²) in [6, 6.07) is 4.61. The molecular weight excluding hydrogens is 250 g/mol. The molecule has 0 saturated heterocycles. The summed E-state index contributed by atoms with van der Waals surface area (Å²) in [5.41, 5.74) is 4.64. The summed E-state index contributed by atoms with van der Waals surface area (Å²) in [7, 11) is 2.01. The fraction of sp³-hybridized carbons (Fsp3) is 0.600. The van der Waals surface area contributed by atoms with Gasteiger partial charge in [0.05, 0.1) is 23.1 Å². The van der Waals surface area contributed by atoms with Crippen LogP contribution in [0.25, 0.3) is 0 Å². The van der Waals surface area contributed by atoms with Crippen molar-refractivity contribution in [1.82, 2.24) is 24.9 Å². The van der Waals surface area contributed by atoms with E-state index in [4.69, 9.17) is 0 Å². The van der Waals surface area contributed by atoms with E-state index in [9.17, 15) is 0 Å². The van der Waals surface area contributed by atoms with E-state index in [-0.39, 0.29) is 6.04 Å². The summed E-state index contributed by atoms with van der Waals surface area (Å²) in [6.45, 7) is 10.2. The van der Waals surface area contributed by atoms with E-state index in [1.807, 2.05) is 25.6 Å². The number of rotatable bonds is 6. The third-order valence-corrected chi connectivity index (χ3v) is 3.54. The van der Waals surface area contributed by atoms with Gasteiger partial charge in [-0.15, -0.1) is 0 Å². The fourth-order valence-electron chi connectivity index (χ4n) is 2.73. The smallest absolute Gasteiger partial charge is 0.0597 e. The van der Waals surface area contributed by atoms with Gasteiger partial charge in [0, 0.05) is 25.7 Å². The number of aromatic nitrogens is 4. The molecule has 5 heteroatoms. The van der Waals surface area contributed by atoms with E-state index in [1.165, 1.54) is 11.4 Å². The quantitative estimate of drug-likeness (QED) is 0.878. The zero-order valence-corrected chi connectivity index (χ0v) is 13.1.